The molecule has 3 aromatic carbocycles. The van der Waals surface area contributed by atoms with Crippen LogP contribution in [0.15, 0.2) is 78.9 Å². The van der Waals surface area contributed by atoms with Gasteiger partial charge in [-0.15, -0.1) is 0 Å². The molecule has 0 N–H and O–H groups in total. The number of hydrogen-bond acceptors (Lipinski definition) is 3. The topological polar surface area (TPSA) is 32.8 Å². The molecular formula is C32H38N2O2. The van der Waals surface area contributed by atoms with Crippen molar-refractivity contribution in [3.05, 3.63) is 101 Å². The maximum absolute atomic E-state index is 13.5. The molecule has 5 rings (SSSR count). The van der Waals surface area contributed by atoms with Gasteiger partial charge >= 0.3 is 0 Å². The lowest BCUT2D eigenvalue weighted by Crippen LogP contribution is -2.39. The Morgan fingerprint density at radius 1 is 0.917 bits per heavy atom. The van der Waals surface area contributed by atoms with Gasteiger partial charge in [-0.3, -0.25) is 4.79 Å². The predicted octanol–water partition coefficient (Wildman–Crippen LogP) is 5.81. The van der Waals surface area contributed by atoms with Crippen LogP contribution in [0.4, 0.5) is 0 Å². The van der Waals surface area contributed by atoms with E-state index in [1.165, 1.54) is 30.4 Å². The molecule has 0 aromatic heterocycles. The van der Waals surface area contributed by atoms with Crippen LogP contribution in [0, 0.1) is 18.8 Å². The molecule has 4 heteroatoms. The smallest absolute Gasteiger partial charge is 0.253 e. The van der Waals surface area contributed by atoms with Gasteiger partial charge < -0.3 is 14.5 Å². The van der Waals surface area contributed by atoms with Crippen molar-refractivity contribution in [3.8, 4) is 5.75 Å². The van der Waals surface area contributed by atoms with Gasteiger partial charge in [0, 0.05) is 31.1 Å². The molecule has 3 aromatic rings. The number of aryl methyl sites for hydroxylation is 1. The summed E-state index contributed by atoms with van der Waals surface area (Å²) in [6.45, 7) is 6.87. The highest BCUT2D eigenvalue weighted by atomic mass is 16.5. The summed E-state index contributed by atoms with van der Waals surface area (Å²) >= 11 is 0. The molecule has 2 aliphatic heterocycles. The molecule has 4 nitrogen and oxygen atoms in total. The van der Waals surface area contributed by atoms with Crippen molar-refractivity contribution in [1.82, 2.24) is 9.80 Å². The Morgan fingerprint density at radius 2 is 1.67 bits per heavy atom. The summed E-state index contributed by atoms with van der Waals surface area (Å²) in [5.74, 6) is 2.50. The molecule has 2 saturated heterocycles. The lowest BCUT2D eigenvalue weighted by molar-refractivity contribution is 0.0780. The molecule has 1 amide bonds. The first-order chi connectivity index (χ1) is 17.6. The molecule has 36 heavy (non-hydrogen) atoms. The second-order valence-corrected chi connectivity index (χ2v) is 10.6. The molecule has 0 saturated carbocycles. The fourth-order valence-electron chi connectivity index (χ4n) is 6.16. The fraction of sp³-hybridized carbons (Fsp3) is 0.406. The van der Waals surface area contributed by atoms with Crippen molar-refractivity contribution in [2.45, 2.75) is 32.1 Å². The zero-order chi connectivity index (χ0) is 24.9. The van der Waals surface area contributed by atoms with Crippen LogP contribution in [0.25, 0.3) is 0 Å². The number of likely N-dealkylation sites (tertiary alicyclic amines) is 2. The number of benzene rings is 3. The van der Waals surface area contributed by atoms with Crippen LogP contribution < -0.4 is 4.74 Å². The van der Waals surface area contributed by atoms with Crippen molar-refractivity contribution in [1.29, 1.82) is 0 Å². The Kier molecular flexibility index (Phi) is 7.72. The summed E-state index contributed by atoms with van der Waals surface area (Å²) in [4.78, 5) is 18.2. The van der Waals surface area contributed by atoms with E-state index >= 15 is 0 Å². The van der Waals surface area contributed by atoms with Crippen LogP contribution in [0.1, 0.15) is 45.8 Å². The van der Waals surface area contributed by atoms with Gasteiger partial charge in [-0.05, 0) is 80.4 Å². The molecule has 2 atom stereocenters. The molecule has 0 bridgehead atoms. The number of rotatable bonds is 7. The predicted molar refractivity (Wildman–Crippen MR) is 146 cm³/mol. The largest absolute Gasteiger partial charge is 0.496 e. The zero-order valence-corrected chi connectivity index (χ0v) is 21.6. The number of carbonyl (C=O) groups excluding carboxylic acids is 1. The lowest BCUT2D eigenvalue weighted by atomic mass is 9.86. The average molecular weight is 483 g/mol. The van der Waals surface area contributed by atoms with Crippen LogP contribution in [0.5, 0.6) is 5.75 Å². The van der Waals surface area contributed by atoms with E-state index in [4.69, 9.17) is 4.74 Å². The maximum atomic E-state index is 13.5. The highest BCUT2D eigenvalue weighted by molar-refractivity contribution is 5.94. The minimum Gasteiger partial charge on any atom is -0.496 e. The first kappa shape index (κ1) is 24.6. The molecule has 2 unspecified atom stereocenters. The van der Waals surface area contributed by atoms with Crippen molar-refractivity contribution in [3.63, 3.8) is 0 Å². The second kappa shape index (κ2) is 11.3. The number of ether oxygens (including phenoxy) is 1. The van der Waals surface area contributed by atoms with Gasteiger partial charge in [-0.25, -0.2) is 0 Å². The van der Waals surface area contributed by atoms with E-state index in [1.807, 2.05) is 43.3 Å². The van der Waals surface area contributed by atoms with Gasteiger partial charge in [0.05, 0.1) is 7.11 Å². The van der Waals surface area contributed by atoms with E-state index in [1.54, 1.807) is 7.11 Å². The number of para-hydroxylation sites is 1. The molecule has 188 valence electrons. The summed E-state index contributed by atoms with van der Waals surface area (Å²) in [5.41, 5.74) is 4.59. The van der Waals surface area contributed by atoms with E-state index in [0.29, 0.717) is 5.92 Å². The number of methoxy groups -OCH3 is 1. The van der Waals surface area contributed by atoms with E-state index in [9.17, 15) is 4.79 Å². The van der Waals surface area contributed by atoms with Crippen LogP contribution in [-0.4, -0.2) is 55.5 Å². The van der Waals surface area contributed by atoms with Gasteiger partial charge in [0.2, 0.25) is 0 Å². The molecular weight excluding hydrogens is 444 g/mol. The minimum absolute atomic E-state index is 0.141. The Hall–Kier alpha value is -3.11. The third kappa shape index (κ3) is 5.65. The van der Waals surface area contributed by atoms with E-state index in [0.717, 1.165) is 55.5 Å². The SMILES string of the molecule is COc1ccccc1C1CN(C(=O)c2cccc(C)c2)CC1CN1CCC(Cc2ccccc2)CC1. The summed E-state index contributed by atoms with van der Waals surface area (Å²) in [6, 6.07) is 27.2. The normalized spacial score (nSPS) is 21.0. The van der Waals surface area contributed by atoms with Crippen LogP contribution in [0.2, 0.25) is 0 Å². The fourth-order valence-corrected chi connectivity index (χ4v) is 6.16. The second-order valence-electron chi connectivity index (χ2n) is 10.6. The Morgan fingerprint density at radius 3 is 2.42 bits per heavy atom. The first-order valence-corrected chi connectivity index (χ1v) is 13.4. The summed E-state index contributed by atoms with van der Waals surface area (Å²) < 4.78 is 5.75. The lowest BCUT2D eigenvalue weighted by Gasteiger charge is -2.35. The van der Waals surface area contributed by atoms with Gasteiger partial charge in [-0.1, -0.05) is 66.2 Å². The van der Waals surface area contributed by atoms with Gasteiger partial charge in [0.1, 0.15) is 5.75 Å². The molecule has 0 spiro atoms. The number of amides is 1. The highest BCUT2D eigenvalue weighted by Crippen LogP contribution is 2.39. The van der Waals surface area contributed by atoms with E-state index in [-0.39, 0.29) is 11.8 Å². The Balaban J connectivity index is 1.28. The molecule has 0 aliphatic carbocycles. The number of carbonyl (C=O) groups is 1. The van der Waals surface area contributed by atoms with Gasteiger partial charge in [0.15, 0.2) is 0 Å². The molecule has 0 radical (unpaired) electrons. The van der Waals surface area contributed by atoms with Crippen LogP contribution in [0.3, 0.4) is 0 Å². The Bertz CT molecular complexity index is 1150. The average Bonchev–Trinajstić information content (AvgIpc) is 3.33. The maximum Gasteiger partial charge on any atom is 0.253 e. The number of nitrogens with zero attached hydrogens (tertiary/aromatic N) is 2. The Labute approximate surface area is 215 Å². The quantitative estimate of drug-likeness (QED) is 0.426. The van der Waals surface area contributed by atoms with Crippen LogP contribution >= 0.6 is 0 Å². The first-order valence-electron chi connectivity index (χ1n) is 13.4. The van der Waals surface area contributed by atoms with Crippen molar-refractivity contribution in [2.75, 3.05) is 39.8 Å². The van der Waals surface area contributed by atoms with Gasteiger partial charge in [-0.2, -0.15) is 0 Å². The van der Waals surface area contributed by atoms with E-state index in [2.05, 4.69) is 52.3 Å². The number of hydrogen-bond donors (Lipinski definition) is 0. The minimum atomic E-state index is 0.141. The molecule has 2 heterocycles. The zero-order valence-electron chi connectivity index (χ0n) is 21.6. The van der Waals surface area contributed by atoms with Gasteiger partial charge in [0.25, 0.3) is 5.91 Å². The third-order valence-electron chi connectivity index (χ3n) is 8.10. The van der Waals surface area contributed by atoms with Crippen molar-refractivity contribution in [2.24, 2.45) is 11.8 Å². The summed E-state index contributed by atoms with van der Waals surface area (Å²) in [7, 11) is 1.75. The van der Waals surface area contributed by atoms with Crippen LogP contribution in [-0.2, 0) is 6.42 Å². The highest BCUT2D eigenvalue weighted by Gasteiger charge is 2.39. The summed E-state index contributed by atoms with van der Waals surface area (Å²) in [5, 5.41) is 0. The number of piperidine rings is 1. The molecule has 2 aliphatic rings. The molecule has 2 fully saturated rings. The monoisotopic (exact) mass is 482 g/mol. The standard InChI is InChI=1S/C32H38N2O2/c1-24-9-8-12-27(19-24)32(35)34-22-28(30(23-34)29-13-6-7-14-31(29)36-2)21-33-17-15-26(16-18-33)20-25-10-4-3-5-11-25/h3-14,19,26,28,30H,15-18,20-23H2,1-2H3. The summed E-state index contributed by atoms with van der Waals surface area (Å²) in [6.07, 6.45) is 3.67. The van der Waals surface area contributed by atoms with Crippen molar-refractivity contribution >= 4 is 5.91 Å². The van der Waals surface area contributed by atoms with Crippen molar-refractivity contribution < 1.29 is 9.53 Å². The third-order valence-corrected chi connectivity index (χ3v) is 8.10. The van der Waals surface area contributed by atoms with E-state index < -0.39 is 0 Å².